The van der Waals surface area contributed by atoms with Crippen molar-refractivity contribution in [3.05, 3.63) is 23.0 Å². The molecule has 1 aliphatic rings. The number of rotatable bonds is 3. The molecule has 0 unspecified atom stereocenters. The summed E-state index contributed by atoms with van der Waals surface area (Å²) in [6.07, 6.45) is 1.98. The lowest BCUT2D eigenvalue weighted by Gasteiger charge is -2.27. The van der Waals surface area contributed by atoms with Gasteiger partial charge in [-0.05, 0) is 24.6 Å². The maximum absolute atomic E-state index is 5.52. The van der Waals surface area contributed by atoms with Crippen LogP contribution in [0.25, 0.3) is 0 Å². The highest BCUT2D eigenvalue weighted by atomic mass is 15.2. The van der Waals surface area contributed by atoms with Crippen molar-refractivity contribution in [1.82, 2.24) is 9.88 Å². The van der Waals surface area contributed by atoms with E-state index in [9.17, 15) is 0 Å². The van der Waals surface area contributed by atoms with Crippen LogP contribution in [0.1, 0.15) is 30.8 Å². The summed E-state index contributed by atoms with van der Waals surface area (Å²) in [4.78, 5) is 7.13. The number of nitrogen functional groups attached to an aromatic ring is 1. The molecule has 0 aliphatic carbocycles. The standard InChI is InChI=1S/C12H20N4/c1-3-10-12(15-13)7-9-8-16(4-2)6-5-11(9)14-10/h7,15H,3-6,8,13H2,1-2H3. The summed E-state index contributed by atoms with van der Waals surface area (Å²) in [5.41, 5.74) is 7.36. The van der Waals surface area contributed by atoms with Gasteiger partial charge >= 0.3 is 0 Å². The molecule has 0 amide bonds. The average molecular weight is 220 g/mol. The lowest BCUT2D eigenvalue weighted by Crippen LogP contribution is -2.31. The molecule has 3 N–H and O–H groups in total. The van der Waals surface area contributed by atoms with Crippen molar-refractivity contribution in [3.8, 4) is 0 Å². The van der Waals surface area contributed by atoms with E-state index in [1.54, 1.807) is 0 Å². The Morgan fingerprint density at radius 3 is 2.94 bits per heavy atom. The Kier molecular flexibility index (Phi) is 3.41. The molecular formula is C12H20N4. The Hall–Kier alpha value is -1.13. The molecule has 1 aliphatic heterocycles. The SMILES string of the molecule is CCc1nc2c(cc1NN)CN(CC)CC2. The molecule has 4 heteroatoms. The zero-order valence-electron chi connectivity index (χ0n) is 10.1. The van der Waals surface area contributed by atoms with Crippen LogP contribution in [0.3, 0.4) is 0 Å². The summed E-state index contributed by atoms with van der Waals surface area (Å²) in [5, 5.41) is 0. The van der Waals surface area contributed by atoms with E-state index < -0.39 is 0 Å². The van der Waals surface area contributed by atoms with Gasteiger partial charge in [0, 0.05) is 25.2 Å². The van der Waals surface area contributed by atoms with Crippen molar-refractivity contribution in [2.45, 2.75) is 33.2 Å². The van der Waals surface area contributed by atoms with Gasteiger partial charge in [0.2, 0.25) is 0 Å². The topological polar surface area (TPSA) is 54.2 Å². The van der Waals surface area contributed by atoms with Gasteiger partial charge in [-0.1, -0.05) is 13.8 Å². The summed E-state index contributed by atoms with van der Waals surface area (Å²) in [6, 6.07) is 2.16. The van der Waals surface area contributed by atoms with Gasteiger partial charge in [-0.2, -0.15) is 0 Å². The third-order valence-corrected chi connectivity index (χ3v) is 3.27. The molecule has 0 fully saturated rings. The van der Waals surface area contributed by atoms with E-state index in [1.807, 2.05) is 0 Å². The largest absolute Gasteiger partial charge is 0.322 e. The number of aryl methyl sites for hydroxylation is 1. The summed E-state index contributed by atoms with van der Waals surface area (Å²) in [6.45, 7) is 7.52. The maximum Gasteiger partial charge on any atom is 0.0704 e. The Balaban J connectivity index is 2.34. The highest BCUT2D eigenvalue weighted by molar-refractivity contribution is 5.50. The number of hydrazine groups is 1. The minimum Gasteiger partial charge on any atom is -0.322 e. The molecule has 1 aromatic rings. The zero-order valence-corrected chi connectivity index (χ0v) is 10.1. The molecular weight excluding hydrogens is 200 g/mol. The fourth-order valence-electron chi connectivity index (χ4n) is 2.24. The van der Waals surface area contributed by atoms with E-state index in [-0.39, 0.29) is 0 Å². The second-order valence-electron chi connectivity index (χ2n) is 4.21. The van der Waals surface area contributed by atoms with Crippen LogP contribution in [0.2, 0.25) is 0 Å². The summed E-state index contributed by atoms with van der Waals surface area (Å²) in [7, 11) is 0. The summed E-state index contributed by atoms with van der Waals surface area (Å²) < 4.78 is 0. The number of hydrogen-bond donors (Lipinski definition) is 2. The van der Waals surface area contributed by atoms with E-state index in [2.05, 4.69) is 30.2 Å². The number of aromatic nitrogens is 1. The van der Waals surface area contributed by atoms with Crippen LogP contribution in [-0.2, 0) is 19.4 Å². The van der Waals surface area contributed by atoms with Gasteiger partial charge in [0.1, 0.15) is 0 Å². The number of nitrogens with two attached hydrogens (primary N) is 1. The third-order valence-electron chi connectivity index (χ3n) is 3.27. The molecule has 0 radical (unpaired) electrons. The van der Waals surface area contributed by atoms with Crippen molar-refractivity contribution in [3.63, 3.8) is 0 Å². The minimum absolute atomic E-state index is 0.921. The van der Waals surface area contributed by atoms with Crippen LogP contribution in [0, 0.1) is 0 Å². The predicted molar refractivity (Wildman–Crippen MR) is 66.1 cm³/mol. The number of anilines is 1. The van der Waals surface area contributed by atoms with Gasteiger partial charge in [-0.3, -0.25) is 15.7 Å². The highest BCUT2D eigenvalue weighted by Gasteiger charge is 2.17. The smallest absolute Gasteiger partial charge is 0.0704 e. The molecule has 1 aromatic heterocycles. The molecule has 0 atom stereocenters. The Morgan fingerprint density at radius 1 is 1.50 bits per heavy atom. The first-order valence-electron chi connectivity index (χ1n) is 5.99. The number of nitrogens with zero attached hydrogens (tertiary/aromatic N) is 2. The monoisotopic (exact) mass is 220 g/mol. The third kappa shape index (κ3) is 2.03. The number of likely N-dealkylation sites (N-methyl/N-ethyl adjacent to an activating group) is 1. The molecule has 0 bridgehead atoms. The van der Waals surface area contributed by atoms with Gasteiger partial charge in [-0.15, -0.1) is 0 Å². The van der Waals surface area contributed by atoms with Crippen molar-refractivity contribution in [2.24, 2.45) is 5.84 Å². The predicted octanol–water partition coefficient (Wildman–Crippen LogP) is 1.31. The average Bonchev–Trinajstić information content (AvgIpc) is 2.36. The van der Waals surface area contributed by atoms with Gasteiger partial charge in [0.15, 0.2) is 0 Å². The van der Waals surface area contributed by atoms with Crippen LogP contribution in [0.15, 0.2) is 6.07 Å². The van der Waals surface area contributed by atoms with Crippen molar-refractivity contribution in [1.29, 1.82) is 0 Å². The number of fused-ring (bicyclic) bond motifs is 1. The van der Waals surface area contributed by atoms with Crippen molar-refractivity contribution in [2.75, 3.05) is 18.5 Å². The van der Waals surface area contributed by atoms with Crippen LogP contribution in [0.4, 0.5) is 5.69 Å². The first-order chi connectivity index (χ1) is 7.78. The van der Waals surface area contributed by atoms with Crippen molar-refractivity contribution >= 4 is 5.69 Å². The van der Waals surface area contributed by atoms with E-state index in [1.165, 1.54) is 11.3 Å². The number of nitrogens with one attached hydrogen (secondary N) is 1. The van der Waals surface area contributed by atoms with E-state index in [0.717, 1.165) is 43.9 Å². The van der Waals surface area contributed by atoms with Gasteiger partial charge < -0.3 is 5.43 Å². The van der Waals surface area contributed by atoms with Crippen molar-refractivity contribution < 1.29 is 0 Å². The van der Waals surface area contributed by atoms with Crippen LogP contribution >= 0.6 is 0 Å². The minimum atomic E-state index is 0.921. The molecule has 0 aromatic carbocycles. The Bertz CT molecular complexity index is 376. The lowest BCUT2D eigenvalue weighted by molar-refractivity contribution is 0.265. The second kappa shape index (κ2) is 4.80. The maximum atomic E-state index is 5.52. The van der Waals surface area contributed by atoms with Crippen LogP contribution in [-0.4, -0.2) is 23.0 Å². The first kappa shape index (κ1) is 11.4. The first-order valence-corrected chi connectivity index (χ1v) is 5.99. The van der Waals surface area contributed by atoms with Crippen LogP contribution < -0.4 is 11.3 Å². The molecule has 16 heavy (non-hydrogen) atoms. The van der Waals surface area contributed by atoms with Gasteiger partial charge in [-0.25, -0.2) is 0 Å². The molecule has 0 spiro atoms. The normalized spacial score (nSPS) is 15.9. The van der Waals surface area contributed by atoms with E-state index >= 15 is 0 Å². The Labute approximate surface area is 96.8 Å². The van der Waals surface area contributed by atoms with Gasteiger partial charge in [0.25, 0.3) is 0 Å². The highest BCUT2D eigenvalue weighted by Crippen LogP contribution is 2.23. The fourth-order valence-corrected chi connectivity index (χ4v) is 2.24. The molecule has 2 heterocycles. The molecule has 2 rings (SSSR count). The van der Waals surface area contributed by atoms with Gasteiger partial charge in [0.05, 0.1) is 11.4 Å². The molecule has 0 saturated carbocycles. The molecule has 4 nitrogen and oxygen atoms in total. The lowest BCUT2D eigenvalue weighted by atomic mass is 10.0. The molecule has 0 saturated heterocycles. The molecule has 88 valence electrons. The van der Waals surface area contributed by atoms with E-state index in [0.29, 0.717) is 0 Å². The summed E-state index contributed by atoms with van der Waals surface area (Å²) in [5.74, 6) is 5.52. The quantitative estimate of drug-likeness (QED) is 0.595. The van der Waals surface area contributed by atoms with Crippen LogP contribution in [0.5, 0.6) is 0 Å². The van der Waals surface area contributed by atoms with E-state index in [4.69, 9.17) is 10.8 Å². The fraction of sp³-hybridized carbons (Fsp3) is 0.583. The number of hydrogen-bond acceptors (Lipinski definition) is 4. The Morgan fingerprint density at radius 2 is 2.31 bits per heavy atom. The number of pyridine rings is 1. The summed E-state index contributed by atoms with van der Waals surface area (Å²) >= 11 is 0. The zero-order chi connectivity index (χ0) is 11.5. The second-order valence-corrected chi connectivity index (χ2v) is 4.21.